The van der Waals surface area contributed by atoms with E-state index in [1.807, 2.05) is 18.2 Å². The monoisotopic (exact) mass is 574 g/mol. The molecule has 36 heavy (non-hydrogen) atoms. The second-order valence-corrected chi connectivity index (χ2v) is 12.1. The number of carbonyl (C=O) groups excluding carboxylic acids is 1. The molecule has 0 spiro atoms. The Kier molecular flexibility index (Phi) is 8.43. The largest absolute Gasteiger partial charge is 0.368 e. The van der Waals surface area contributed by atoms with Gasteiger partial charge in [-0.25, -0.2) is 13.5 Å². The fourth-order valence-electron chi connectivity index (χ4n) is 4.57. The lowest BCUT2D eigenvalue weighted by Gasteiger charge is -2.38. The van der Waals surface area contributed by atoms with Crippen molar-refractivity contribution in [2.45, 2.75) is 43.7 Å². The number of nitrogen functional groups attached to an aromatic ring is 1. The lowest BCUT2D eigenvalue weighted by molar-refractivity contribution is -0.114. The second kappa shape index (κ2) is 11.5. The third-order valence-corrected chi connectivity index (χ3v) is 8.68. The first kappa shape index (κ1) is 26.3. The van der Waals surface area contributed by atoms with Gasteiger partial charge in [-0.3, -0.25) is 9.69 Å². The average molecular weight is 576 g/mol. The molecule has 0 unspecified atom stereocenters. The summed E-state index contributed by atoms with van der Waals surface area (Å²) in [7, 11) is -3.64. The Bertz CT molecular complexity index is 1290. The van der Waals surface area contributed by atoms with Crippen molar-refractivity contribution in [3.8, 4) is 0 Å². The van der Waals surface area contributed by atoms with Crippen molar-refractivity contribution in [2.24, 2.45) is 0 Å². The summed E-state index contributed by atoms with van der Waals surface area (Å²) in [6, 6.07) is 15.6. The van der Waals surface area contributed by atoms with E-state index < -0.39 is 15.6 Å². The normalized spacial score (nSPS) is 14.9. The molecule has 11 heteroatoms. The molecule has 0 radical (unpaired) electrons. The number of hydrogen-bond donors (Lipinski definition) is 2. The van der Waals surface area contributed by atoms with Gasteiger partial charge in [-0.15, -0.1) is 5.10 Å². The van der Waals surface area contributed by atoms with Crippen LogP contribution in [-0.4, -0.2) is 65.7 Å². The Hall–Kier alpha value is -2.76. The van der Waals surface area contributed by atoms with E-state index in [0.717, 1.165) is 48.9 Å². The third-order valence-electron chi connectivity index (χ3n) is 6.39. The summed E-state index contributed by atoms with van der Waals surface area (Å²) in [6.07, 6.45) is 2.74. The second-order valence-electron chi connectivity index (χ2n) is 9.19. The van der Waals surface area contributed by atoms with Crippen molar-refractivity contribution in [2.75, 3.05) is 36.0 Å². The number of aromatic nitrogens is 3. The standard InChI is InChI=1S/C25H31BrN6O3S/c1-18(33)17-36(34,35)23-4-2-3-20(15-23)16-32(12-9-19-5-7-21(26)8-6-19)22-10-13-31(14-11-22)25-28-24(27)29-30-25/h2-8,15,22H,9-14,16-17H2,1H3,(H3,27,28,29,30). The Labute approximate surface area is 220 Å². The lowest BCUT2D eigenvalue weighted by atomic mass is 10.0. The van der Waals surface area contributed by atoms with Crippen molar-refractivity contribution in [3.63, 3.8) is 0 Å². The number of nitrogens with zero attached hydrogens (tertiary/aromatic N) is 4. The number of piperidine rings is 1. The minimum Gasteiger partial charge on any atom is -0.368 e. The highest BCUT2D eigenvalue weighted by Crippen LogP contribution is 2.24. The first-order valence-corrected chi connectivity index (χ1v) is 14.4. The number of aromatic amines is 1. The minimum absolute atomic E-state index is 0.195. The summed E-state index contributed by atoms with van der Waals surface area (Å²) >= 11 is 3.49. The summed E-state index contributed by atoms with van der Waals surface area (Å²) in [5.41, 5.74) is 7.85. The van der Waals surface area contributed by atoms with Crippen molar-refractivity contribution >= 4 is 43.4 Å². The summed E-state index contributed by atoms with van der Waals surface area (Å²) in [6.45, 7) is 4.38. The van der Waals surface area contributed by atoms with Crippen molar-refractivity contribution in [3.05, 3.63) is 64.1 Å². The van der Waals surface area contributed by atoms with Gasteiger partial charge in [-0.05, 0) is 61.6 Å². The maximum absolute atomic E-state index is 12.6. The molecule has 192 valence electrons. The topological polar surface area (TPSA) is 125 Å². The van der Waals surface area contributed by atoms with E-state index >= 15 is 0 Å². The molecule has 1 aliphatic heterocycles. The van der Waals surface area contributed by atoms with E-state index in [2.05, 4.69) is 53.0 Å². The molecule has 1 fully saturated rings. The average Bonchev–Trinajstić information content (AvgIpc) is 3.28. The molecule has 2 aromatic carbocycles. The van der Waals surface area contributed by atoms with E-state index in [0.29, 0.717) is 24.5 Å². The highest BCUT2D eigenvalue weighted by atomic mass is 79.9. The third kappa shape index (κ3) is 6.92. The molecular formula is C25H31BrN6O3S. The van der Waals surface area contributed by atoms with Crippen LogP contribution in [0.3, 0.4) is 0 Å². The van der Waals surface area contributed by atoms with Gasteiger partial charge >= 0.3 is 0 Å². The number of anilines is 2. The SMILES string of the molecule is CC(=O)CS(=O)(=O)c1cccc(CN(CCc2ccc(Br)cc2)C2CCN(c3n[nH]c(N)n3)CC2)c1. The number of benzene rings is 2. The number of carbonyl (C=O) groups is 1. The molecule has 3 N–H and O–H groups in total. The van der Waals surface area contributed by atoms with E-state index in [-0.39, 0.29) is 10.7 Å². The number of nitrogens with one attached hydrogen (secondary N) is 1. The molecular weight excluding hydrogens is 544 g/mol. The van der Waals surface area contributed by atoms with Gasteiger partial charge in [0.1, 0.15) is 11.5 Å². The van der Waals surface area contributed by atoms with Crippen molar-refractivity contribution < 1.29 is 13.2 Å². The molecule has 0 amide bonds. The molecule has 0 atom stereocenters. The summed E-state index contributed by atoms with van der Waals surface area (Å²) in [5.74, 6) is 0.0866. The number of ketones is 1. The molecule has 1 aromatic heterocycles. The smallest absolute Gasteiger partial charge is 0.246 e. The predicted octanol–water partition coefficient (Wildman–Crippen LogP) is 3.23. The number of halogens is 1. The Morgan fingerprint density at radius 1 is 1.17 bits per heavy atom. The number of sulfone groups is 1. The van der Waals surface area contributed by atoms with Gasteiger partial charge in [0.25, 0.3) is 0 Å². The zero-order valence-electron chi connectivity index (χ0n) is 20.2. The zero-order valence-corrected chi connectivity index (χ0v) is 22.6. The van der Waals surface area contributed by atoms with E-state index in [4.69, 9.17) is 5.73 Å². The molecule has 0 bridgehead atoms. The van der Waals surface area contributed by atoms with Gasteiger partial charge in [0, 0.05) is 36.7 Å². The number of rotatable bonds is 10. The minimum atomic E-state index is -3.64. The molecule has 4 rings (SSSR count). The first-order chi connectivity index (χ1) is 17.2. The molecule has 1 aliphatic rings. The van der Waals surface area contributed by atoms with E-state index in [1.165, 1.54) is 12.5 Å². The van der Waals surface area contributed by atoms with Crippen LogP contribution in [0.15, 0.2) is 57.9 Å². The quantitative estimate of drug-likeness (QED) is 0.378. The van der Waals surface area contributed by atoms with Crippen LogP contribution >= 0.6 is 15.9 Å². The lowest BCUT2D eigenvalue weighted by Crippen LogP contribution is -2.45. The van der Waals surface area contributed by atoms with E-state index in [9.17, 15) is 13.2 Å². The first-order valence-electron chi connectivity index (χ1n) is 11.9. The number of Topliss-reactive ketones (excluding diaryl/α,β-unsaturated/α-hetero) is 1. The van der Waals surface area contributed by atoms with Crippen LogP contribution in [0.1, 0.15) is 30.9 Å². The Morgan fingerprint density at radius 2 is 1.89 bits per heavy atom. The maximum Gasteiger partial charge on any atom is 0.246 e. The van der Waals surface area contributed by atoms with Crippen LogP contribution in [0.5, 0.6) is 0 Å². The molecule has 9 nitrogen and oxygen atoms in total. The summed E-state index contributed by atoms with van der Waals surface area (Å²) < 4.78 is 26.3. The number of hydrogen-bond acceptors (Lipinski definition) is 8. The highest BCUT2D eigenvalue weighted by molar-refractivity contribution is 9.10. The number of H-pyrrole nitrogens is 1. The van der Waals surface area contributed by atoms with Crippen LogP contribution in [0, 0.1) is 0 Å². The van der Waals surface area contributed by atoms with Gasteiger partial charge < -0.3 is 10.6 Å². The van der Waals surface area contributed by atoms with Crippen molar-refractivity contribution in [1.82, 2.24) is 20.1 Å². The van der Waals surface area contributed by atoms with Crippen LogP contribution < -0.4 is 10.6 Å². The molecule has 3 aromatic rings. The van der Waals surface area contributed by atoms with Gasteiger partial charge in [-0.2, -0.15) is 4.98 Å². The Balaban J connectivity index is 1.49. The molecule has 1 saturated heterocycles. The van der Waals surface area contributed by atoms with Gasteiger partial charge in [0.2, 0.25) is 11.9 Å². The summed E-state index contributed by atoms with van der Waals surface area (Å²) in [4.78, 5) is 20.5. The predicted molar refractivity (Wildman–Crippen MR) is 143 cm³/mol. The van der Waals surface area contributed by atoms with Crippen LogP contribution in [-0.2, 0) is 27.6 Å². The fraction of sp³-hybridized carbons (Fsp3) is 0.400. The Morgan fingerprint density at radius 3 is 2.53 bits per heavy atom. The molecule has 0 saturated carbocycles. The van der Waals surface area contributed by atoms with Crippen LogP contribution in [0.2, 0.25) is 0 Å². The van der Waals surface area contributed by atoms with E-state index in [1.54, 1.807) is 18.2 Å². The molecule has 2 heterocycles. The van der Waals surface area contributed by atoms with Crippen LogP contribution in [0.25, 0.3) is 0 Å². The van der Waals surface area contributed by atoms with Gasteiger partial charge in [0.15, 0.2) is 9.84 Å². The summed E-state index contributed by atoms with van der Waals surface area (Å²) in [5, 5.41) is 6.87. The number of nitrogens with two attached hydrogens (primary N) is 1. The van der Waals surface area contributed by atoms with Gasteiger partial charge in [-0.1, -0.05) is 40.2 Å². The van der Waals surface area contributed by atoms with Crippen molar-refractivity contribution in [1.29, 1.82) is 0 Å². The van der Waals surface area contributed by atoms with Crippen LogP contribution in [0.4, 0.5) is 11.9 Å². The zero-order chi connectivity index (χ0) is 25.7. The fourth-order valence-corrected chi connectivity index (χ4v) is 6.16. The maximum atomic E-state index is 12.6. The molecule has 0 aliphatic carbocycles. The highest BCUT2D eigenvalue weighted by Gasteiger charge is 2.27. The van der Waals surface area contributed by atoms with Gasteiger partial charge in [0.05, 0.1) is 4.90 Å².